The summed E-state index contributed by atoms with van der Waals surface area (Å²) in [5.41, 5.74) is 3.20. The number of nitrogens with zero attached hydrogens (tertiary/aromatic N) is 1. The minimum atomic E-state index is -0.922. The molecule has 0 bridgehead atoms. The Labute approximate surface area is 129 Å². The molecule has 5 nitrogen and oxygen atoms in total. The lowest BCUT2D eigenvalue weighted by Gasteiger charge is -2.16. The highest BCUT2D eigenvalue weighted by Crippen LogP contribution is 2.35. The molecule has 1 aromatic carbocycles. The maximum atomic E-state index is 11.1. The second-order valence-electron chi connectivity index (χ2n) is 5.73. The first-order valence-electron chi connectivity index (χ1n) is 7.33. The minimum absolute atomic E-state index is 0.221. The third kappa shape index (κ3) is 3.09. The van der Waals surface area contributed by atoms with E-state index in [0.717, 1.165) is 23.4 Å². The molecule has 0 spiro atoms. The molecule has 0 amide bonds. The molecular weight excluding hydrogens is 278 g/mol. The predicted molar refractivity (Wildman–Crippen MR) is 86.1 cm³/mol. The van der Waals surface area contributed by atoms with E-state index in [4.69, 9.17) is 5.11 Å². The number of benzene rings is 1. The average molecular weight is 297 g/mol. The molecule has 1 heterocycles. The van der Waals surface area contributed by atoms with Crippen LogP contribution < -0.4 is 10.6 Å². The average Bonchev–Trinajstić information content (AvgIpc) is 3.34. The molecule has 3 rings (SSSR count). The van der Waals surface area contributed by atoms with Crippen LogP contribution in [0.2, 0.25) is 0 Å². The summed E-state index contributed by atoms with van der Waals surface area (Å²) in [5.74, 6) is -0.922. The minimum Gasteiger partial charge on any atom is -0.478 e. The first kappa shape index (κ1) is 14.5. The zero-order valence-corrected chi connectivity index (χ0v) is 12.5. The van der Waals surface area contributed by atoms with Crippen LogP contribution in [0.3, 0.4) is 0 Å². The maximum absolute atomic E-state index is 11.1. The number of carboxylic acids is 1. The van der Waals surface area contributed by atoms with Crippen molar-refractivity contribution in [3.63, 3.8) is 0 Å². The van der Waals surface area contributed by atoms with Crippen molar-refractivity contribution in [3.05, 3.63) is 48.3 Å². The van der Waals surface area contributed by atoms with Crippen LogP contribution in [-0.2, 0) is 0 Å². The summed E-state index contributed by atoms with van der Waals surface area (Å²) in [6, 6.07) is 8.90. The lowest BCUT2D eigenvalue weighted by Crippen LogP contribution is -2.34. The number of carbonyl (C=O) groups is 1. The molecule has 114 valence electrons. The van der Waals surface area contributed by atoms with E-state index in [2.05, 4.69) is 15.6 Å². The Kier molecular flexibility index (Phi) is 3.81. The van der Waals surface area contributed by atoms with Crippen LogP contribution in [0.5, 0.6) is 0 Å². The van der Waals surface area contributed by atoms with E-state index in [0.29, 0.717) is 0 Å². The molecule has 0 atom stereocenters. The van der Waals surface area contributed by atoms with Crippen LogP contribution in [0, 0.1) is 0 Å². The summed E-state index contributed by atoms with van der Waals surface area (Å²) in [7, 11) is 1.99. The molecule has 1 aliphatic carbocycles. The van der Waals surface area contributed by atoms with E-state index < -0.39 is 5.97 Å². The highest BCUT2D eigenvalue weighted by molar-refractivity contribution is 5.89. The van der Waals surface area contributed by atoms with E-state index in [1.807, 2.05) is 19.2 Å². The molecule has 1 aliphatic rings. The van der Waals surface area contributed by atoms with Gasteiger partial charge in [0.1, 0.15) is 0 Å². The quantitative estimate of drug-likeness (QED) is 0.764. The van der Waals surface area contributed by atoms with Gasteiger partial charge in [0.15, 0.2) is 0 Å². The molecule has 1 aromatic heterocycles. The van der Waals surface area contributed by atoms with Crippen molar-refractivity contribution >= 4 is 11.7 Å². The van der Waals surface area contributed by atoms with E-state index >= 15 is 0 Å². The van der Waals surface area contributed by atoms with Gasteiger partial charge in [0.25, 0.3) is 0 Å². The second-order valence-corrected chi connectivity index (χ2v) is 5.73. The SMILES string of the molecule is CNC1(CNc2cncc(-c3cccc(C(=O)O)c3)c2)CC1. The molecule has 3 N–H and O–H groups in total. The maximum Gasteiger partial charge on any atom is 0.335 e. The van der Waals surface area contributed by atoms with Gasteiger partial charge in [0.2, 0.25) is 0 Å². The molecule has 22 heavy (non-hydrogen) atoms. The first-order chi connectivity index (χ1) is 10.6. The van der Waals surface area contributed by atoms with Crippen LogP contribution in [0.1, 0.15) is 23.2 Å². The zero-order valence-electron chi connectivity index (χ0n) is 12.5. The Morgan fingerprint density at radius 1 is 1.27 bits per heavy atom. The van der Waals surface area contributed by atoms with Crippen molar-refractivity contribution in [2.45, 2.75) is 18.4 Å². The van der Waals surface area contributed by atoms with Crippen LogP contribution in [-0.4, -0.2) is 35.2 Å². The van der Waals surface area contributed by atoms with E-state index in [-0.39, 0.29) is 11.1 Å². The lowest BCUT2D eigenvalue weighted by atomic mass is 10.0. The van der Waals surface area contributed by atoms with Crippen LogP contribution in [0.25, 0.3) is 11.1 Å². The van der Waals surface area contributed by atoms with Gasteiger partial charge >= 0.3 is 5.97 Å². The van der Waals surface area contributed by atoms with Crippen LogP contribution >= 0.6 is 0 Å². The fourth-order valence-electron chi connectivity index (χ4n) is 2.46. The molecule has 5 heteroatoms. The third-order valence-electron chi connectivity index (χ3n) is 4.20. The van der Waals surface area contributed by atoms with Crippen molar-refractivity contribution in [3.8, 4) is 11.1 Å². The number of hydrogen-bond acceptors (Lipinski definition) is 4. The summed E-state index contributed by atoms with van der Waals surface area (Å²) < 4.78 is 0. The Hall–Kier alpha value is -2.40. The highest BCUT2D eigenvalue weighted by atomic mass is 16.4. The highest BCUT2D eigenvalue weighted by Gasteiger charge is 2.40. The van der Waals surface area contributed by atoms with Gasteiger partial charge in [-0.25, -0.2) is 4.79 Å². The Balaban J connectivity index is 1.78. The van der Waals surface area contributed by atoms with Gasteiger partial charge in [-0.15, -0.1) is 0 Å². The number of rotatable bonds is 6. The topological polar surface area (TPSA) is 74.2 Å². The normalized spacial score (nSPS) is 15.3. The largest absolute Gasteiger partial charge is 0.478 e. The summed E-state index contributed by atoms with van der Waals surface area (Å²) >= 11 is 0. The molecular formula is C17H19N3O2. The van der Waals surface area contributed by atoms with Crippen molar-refractivity contribution in [1.29, 1.82) is 0 Å². The standard InChI is InChI=1S/C17H19N3O2/c1-18-17(5-6-17)11-20-15-8-14(9-19-10-15)12-3-2-4-13(7-12)16(21)22/h2-4,7-10,18,20H,5-6,11H2,1H3,(H,21,22). The number of aromatic nitrogens is 1. The van der Waals surface area contributed by atoms with E-state index in [9.17, 15) is 4.79 Å². The van der Waals surface area contributed by atoms with E-state index in [1.54, 1.807) is 30.6 Å². The van der Waals surface area contributed by atoms with Gasteiger partial charge in [0.05, 0.1) is 11.3 Å². The summed E-state index contributed by atoms with van der Waals surface area (Å²) in [4.78, 5) is 15.3. The molecule has 2 aromatic rings. The summed E-state index contributed by atoms with van der Waals surface area (Å²) in [5, 5.41) is 15.8. The molecule has 0 saturated heterocycles. The molecule has 0 radical (unpaired) electrons. The third-order valence-corrected chi connectivity index (χ3v) is 4.20. The number of nitrogens with one attached hydrogen (secondary N) is 2. The van der Waals surface area contributed by atoms with Gasteiger partial charge in [-0.05, 0) is 43.7 Å². The summed E-state index contributed by atoms with van der Waals surface area (Å²) in [6.45, 7) is 0.865. The number of aromatic carboxylic acids is 1. The second kappa shape index (κ2) is 5.77. The number of hydrogen-bond donors (Lipinski definition) is 3. The number of anilines is 1. The van der Waals surface area contributed by atoms with Crippen molar-refractivity contribution in [1.82, 2.24) is 10.3 Å². The molecule has 0 unspecified atom stereocenters. The van der Waals surface area contributed by atoms with E-state index in [1.165, 1.54) is 12.8 Å². The first-order valence-corrected chi connectivity index (χ1v) is 7.33. The number of pyridine rings is 1. The zero-order chi connectivity index (χ0) is 15.6. The fourth-order valence-corrected chi connectivity index (χ4v) is 2.46. The molecule has 1 fully saturated rings. The number of carboxylic acid groups (broad SMARTS) is 1. The van der Waals surface area contributed by atoms with Crippen molar-refractivity contribution in [2.24, 2.45) is 0 Å². The molecule has 1 saturated carbocycles. The van der Waals surface area contributed by atoms with Crippen molar-refractivity contribution in [2.75, 3.05) is 18.9 Å². The van der Waals surface area contributed by atoms with Crippen LogP contribution in [0.4, 0.5) is 5.69 Å². The Morgan fingerprint density at radius 3 is 2.77 bits per heavy atom. The summed E-state index contributed by atoms with van der Waals surface area (Å²) in [6.07, 6.45) is 5.90. The van der Waals surface area contributed by atoms with Crippen LogP contribution in [0.15, 0.2) is 42.7 Å². The Bertz CT molecular complexity index is 696. The Morgan fingerprint density at radius 2 is 2.09 bits per heavy atom. The van der Waals surface area contributed by atoms with Crippen molar-refractivity contribution < 1.29 is 9.90 Å². The van der Waals surface area contributed by atoms with Gasteiger partial charge in [-0.3, -0.25) is 4.98 Å². The fraction of sp³-hybridized carbons (Fsp3) is 0.294. The smallest absolute Gasteiger partial charge is 0.335 e. The van der Waals surface area contributed by atoms with Gasteiger partial charge in [-0.2, -0.15) is 0 Å². The van der Waals surface area contributed by atoms with Gasteiger partial charge in [0, 0.05) is 30.0 Å². The molecule has 0 aliphatic heterocycles. The van der Waals surface area contributed by atoms with Gasteiger partial charge in [-0.1, -0.05) is 12.1 Å². The van der Waals surface area contributed by atoms with Gasteiger partial charge < -0.3 is 15.7 Å². The monoisotopic (exact) mass is 297 g/mol. The lowest BCUT2D eigenvalue weighted by molar-refractivity contribution is 0.0697. The predicted octanol–water partition coefficient (Wildman–Crippen LogP) is 2.61. The number of likely N-dealkylation sites (N-methyl/N-ethyl adjacent to an activating group) is 1.